The molecule has 0 aromatic heterocycles. The summed E-state index contributed by atoms with van der Waals surface area (Å²) in [4.78, 5) is 10.5. The molecule has 0 spiro atoms. The van der Waals surface area contributed by atoms with E-state index in [4.69, 9.17) is 15.3 Å². The van der Waals surface area contributed by atoms with E-state index in [1.165, 1.54) is 22.1 Å². The molecule has 3 aromatic carbocycles. The normalized spacial score (nSPS) is 14.4. The second-order valence-corrected chi connectivity index (χ2v) is 24.9. The monoisotopic (exact) mass is 810 g/mol. The molecular weight excluding hydrogens is 742 g/mol. The Hall–Kier alpha value is -1.83. The van der Waals surface area contributed by atoms with E-state index in [-0.39, 0.29) is 12.4 Å². The minimum atomic E-state index is -2.59. The van der Waals surface area contributed by atoms with Crippen LogP contribution in [-0.2, 0) is 9.53 Å². The molecule has 0 saturated heterocycles. The molecule has 278 valence electrons. The Balaban J connectivity index is 0.000000817. The molecule has 0 aliphatic heterocycles. The summed E-state index contributed by atoms with van der Waals surface area (Å²) in [6.45, 7) is 24.0. The average Bonchev–Trinajstić information content (AvgIpc) is 3.09. The van der Waals surface area contributed by atoms with Crippen LogP contribution in [0, 0.1) is 35.5 Å². The molecule has 0 saturated carbocycles. The van der Waals surface area contributed by atoms with Gasteiger partial charge in [0.25, 0.3) is 0 Å². The van der Waals surface area contributed by atoms with Crippen LogP contribution in [0.3, 0.4) is 0 Å². The number of hydrogen-bond donors (Lipinski definition) is 3. The van der Waals surface area contributed by atoms with Crippen molar-refractivity contribution in [3.8, 4) is 0 Å². The molecule has 0 amide bonds. The quantitative estimate of drug-likeness (QED) is 0.0912. The first-order chi connectivity index (χ1) is 23.0. The zero-order valence-corrected chi connectivity index (χ0v) is 35.3. The predicted octanol–water partition coefficient (Wildman–Crippen LogP) is 9.02. The molecule has 0 bridgehead atoms. The molecule has 5 nitrogen and oxygen atoms in total. The van der Waals surface area contributed by atoms with E-state index in [9.17, 15) is 4.79 Å². The molecule has 4 atom stereocenters. The number of esters is 1. The zero-order valence-electron chi connectivity index (χ0n) is 32.2. The van der Waals surface area contributed by atoms with Gasteiger partial charge in [0.05, 0.1) is 19.1 Å². The van der Waals surface area contributed by atoms with Crippen molar-refractivity contribution < 1.29 is 24.9 Å². The minimum absolute atomic E-state index is 0.0911. The van der Waals surface area contributed by atoms with Gasteiger partial charge in [0, 0.05) is 13.2 Å². The number of aliphatic hydroxyl groups is 3. The smallest absolute Gasteiger partial charge is 0.308 e. The molecule has 7 heteroatoms. The van der Waals surface area contributed by atoms with Gasteiger partial charge in [-0.15, -0.1) is 0 Å². The van der Waals surface area contributed by atoms with E-state index in [1.807, 2.05) is 13.8 Å². The number of benzene rings is 3. The number of hydrogen-bond acceptors (Lipinski definition) is 5. The van der Waals surface area contributed by atoms with Crippen LogP contribution < -0.4 is 15.9 Å². The van der Waals surface area contributed by atoms with Crippen LogP contribution in [0.1, 0.15) is 82.6 Å². The van der Waals surface area contributed by atoms with Crippen molar-refractivity contribution >= 4 is 48.2 Å². The van der Waals surface area contributed by atoms with Crippen molar-refractivity contribution in [2.24, 2.45) is 35.5 Å². The third kappa shape index (κ3) is 15.9. The Morgan fingerprint density at radius 2 is 0.918 bits per heavy atom. The fourth-order valence-electron chi connectivity index (χ4n) is 4.61. The van der Waals surface area contributed by atoms with Gasteiger partial charge in [0.15, 0.2) is 0 Å². The van der Waals surface area contributed by atoms with E-state index in [1.54, 1.807) is 13.8 Å². The van der Waals surface area contributed by atoms with Gasteiger partial charge in [-0.25, -0.2) is 0 Å². The Morgan fingerprint density at radius 3 is 1.12 bits per heavy atom. The van der Waals surface area contributed by atoms with Crippen molar-refractivity contribution in [2.45, 2.75) is 88.7 Å². The maximum Gasteiger partial charge on any atom is 0.308 e. The van der Waals surface area contributed by atoms with E-state index in [0.717, 1.165) is 0 Å². The summed E-state index contributed by atoms with van der Waals surface area (Å²) < 4.78 is 1.96. The Bertz CT molecular complexity index is 1140. The molecule has 0 aliphatic carbocycles. The largest absolute Gasteiger partial charge is 0.466 e. The maximum atomic E-state index is 10.5. The molecular formula is C42H68IO5P. The number of carbonyl (C=O) groups excluding carboxylic acids is 1. The molecule has 1 unspecified atom stereocenters. The maximum absolute atomic E-state index is 10.5. The van der Waals surface area contributed by atoms with Gasteiger partial charge >= 0.3 is 178 Å². The van der Waals surface area contributed by atoms with Crippen molar-refractivity contribution in [1.82, 2.24) is 0 Å². The van der Waals surface area contributed by atoms with Gasteiger partial charge in [-0.05, 0) is 37.5 Å². The van der Waals surface area contributed by atoms with Gasteiger partial charge in [-0.2, -0.15) is 0 Å². The molecule has 0 fully saturated rings. The standard InChI is InChI=1S/C24H28IP.C6H12O3.2C6H14O/c1-20(2)21(3)19-26(25,22-13-7-4-8-14-22,23-15-9-5-10-16-23)24-17-11-6-12-18-24;1-3-9-6(8)4-5(2)7;2*1-5(2)6(3)4-7/h4-18,20-21H,19H2,1-3H3;5,7H,3-4H2,1-2H3;2*5-7H,4H2,1-3H3/t21-;;2*6-/m1.11/s1. The second-order valence-electron chi connectivity index (χ2n) is 14.3. The molecule has 3 aromatic rings. The summed E-state index contributed by atoms with van der Waals surface area (Å²) in [7, 11) is 0. The molecule has 3 rings (SSSR count). The molecule has 0 aliphatic rings. The number of rotatable bonds is 13. The van der Waals surface area contributed by atoms with E-state index >= 15 is 0 Å². The van der Waals surface area contributed by atoms with Gasteiger partial charge in [-0.3, -0.25) is 4.79 Å². The average molecular weight is 811 g/mol. The second kappa shape index (κ2) is 24.4. The van der Waals surface area contributed by atoms with E-state index in [0.29, 0.717) is 55.3 Å². The summed E-state index contributed by atoms with van der Waals surface area (Å²) in [5.41, 5.74) is 0. The minimum Gasteiger partial charge on any atom is -0.466 e. The molecule has 49 heavy (non-hydrogen) atoms. The first kappa shape index (κ1) is 47.2. The zero-order chi connectivity index (χ0) is 37.6. The topological polar surface area (TPSA) is 87.0 Å². The van der Waals surface area contributed by atoms with Crippen LogP contribution in [0.2, 0.25) is 0 Å². The third-order valence-electron chi connectivity index (χ3n) is 9.27. The molecule has 0 radical (unpaired) electrons. The number of carbonyl (C=O) groups is 1. The van der Waals surface area contributed by atoms with Crippen molar-refractivity contribution in [2.75, 3.05) is 26.0 Å². The Morgan fingerprint density at radius 1 is 0.612 bits per heavy atom. The first-order valence-corrected chi connectivity index (χ1v) is 23.1. The van der Waals surface area contributed by atoms with Gasteiger partial charge in [-0.1, -0.05) is 41.5 Å². The van der Waals surface area contributed by atoms with Crippen LogP contribution in [0.4, 0.5) is 0 Å². The third-order valence-corrected chi connectivity index (χ3v) is 20.9. The van der Waals surface area contributed by atoms with Gasteiger partial charge < -0.3 is 20.1 Å². The summed E-state index contributed by atoms with van der Waals surface area (Å²) >= 11 is 2.88. The van der Waals surface area contributed by atoms with Crippen molar-refractivity contribution in [3.05, 3.63) is 91.0 Å². The SMILES string of the molecule is CC(C)[C@H](C)CO.CC(C)[C@H](C)CO.CC(C)[C@H](C)CP(I)(c1ccccc1)(c1ccccc1)c1ccccc1.CCOC(=O)CC(C)O. The Kier molecular flexibility index (Phi) is 23.5. The molecule has 3 N–H and O–H groups in total. The van der Waals surface area contributed by atoms with Crippen LogP contribution in [0.15, 0.2) is 91.0 Å². The van der Waals surface area contributed by atoms with Gasteiger partial charge in [0.2, 0.25) is 0 Å². The van der Waals surface area contributed by atoms with Crippen LogP contribution in [-0.4, -0.2) is 53.4 Å². The van der Waals surface area contributed by atoms with Crippen molar-refractivity contribution in [3.63, 3.8) is 0 Å². The van der Waals surface area contributed by atoms with Crippen LogP contribution >= 0.6 is 26.3 Å². The molecule has 0 heterocycles. The van der Waals surface area contributed by atoms with Crippen molar-refractivity contribution in [1.29, 1.82) is 0 Å². The summed E-state index contributed by atoms with van der Waals surface area (Å²) in [6, 6.07) is 33.6. The fourth-order valence-corrected chi connectivity index (χ4v) is 14.8. The predicted molar refractivity (Wildman–Crippen MR) is 223 cm³/mol. The van der Waals surface area contributed by atoms with Gasteiger partial charge in [0.1, 0.15) is 0 Å². The summed E-state index contributed by atoms with van der Waals surface area (Å²) in [6.07, 6.45) is 0.680. The summed E-state index contributed by atoms with van der Waals surface area (Å²) in [5, 5.41) is 30.1. The number of ether oxygens (including phenoxy) is 1. The summed E-state index contributed by atoms with van der Waals surface area (Å²) in [5.74, 6) is 3.09. The fraction of sp³-hybridized carbons (Fsp3) is 0.548. The number of aliphatic hydroxyl groups excluding tert-OH is 3. The van der Waals surface area contributed by atoms with Crippen LogP contribution in [0.5, 0.6) is 0 Å². The first-order valence-electron chi connectivity index (χ1n) is 17.9. The Labute approximate surface area is 312 Å². The van der Waals surface area contributed by atoms with E-state index in [2.05, 4.69) is 166 Å². The number of halogens is 1. The van der Waals surface area contributed by atoms with Crippen LogP contribution in [0.25, 0.3) is 0 Å². The van der Waals surface area contributed by atoms with E-state index < -0.39 is 10.3 Å².